The van der Waals surface area contributed by atoms with Crippen LogP contribution in [0.1, 0.15) is 27.7 Å². The molecule has 0 saturated carbocycles. The van der Waals surface area contributed by atoms with Gasteiger partial charge in [0.15, 0.2) is 0 Å². The van der Waals surface area contributed by atoms with Crippen LogP contribution in [-0.2, 0) is 10.0 Å². The molecule has 0 spiro atoms. The van der Waals surface area contributed by atoms with Crippen LogP contribution in [0.15, 0.2) is 29.2 Å². The van der Waals surface area contributed by atoms with E-state index in [2.05, 4.69) is 4.72 Å². The van der Waals surface area contributed by atoms with E-state index >= 15 is 0 Å². The molecule has 0 heterocycles. The number of rotatable bonds is 3. The van der Waals surface area contributed by atoms with Gasteiger partial charge in [0, 0.05) is 6.04 Å². The minimum atomic E-state index is -3.56. The normalized spacial score (nSPS) is 14.6. The van der Waals surface area contributed by atoms with Gasteiger partial charge in [-0.25, -0.2) is 13.1 Å². The van der Waals surface area contributed by atoms with Crippen molar-refractivity contribution in [3.05, 3.63) is 29.3 Å². The maximum atomic E-state index is 12.1. The van der Waals surface area contributed by atoms with Gasteiger partial charge in [0.1, 0.15) is 4.90 Å². The van der Waals surface area contributed by atoms with Gasteiger partial charge in [-0.05, 0) is 24.5 Å². The van der Waals surface area contributed by atoms with Crippen LogP contribution >= 0.6 is 11.6 Å². The number of hydrogen-bond donors (Lipinski definition) is 1. The minimum Gasteiger partial charge on any atom is -0.208 e. The minimum absolute atomic E-state index is 0.123. The molecule has 1 aromatic carbocycles. The Labute approximate surface area is 108 Å². The number of hydrogen-bond acceptors (Lipinski definition) is 2. The van der Waals surface area contributed by atoms with Crippen LogP contribution in [0.2, 0.25) is 5.02 Å². The summed E-state index contributed by atoms with van der Waals surface area (Å²) in [5, 5.41) is 0.237. The third-order valence-electron chi connectivity index (χ3n) is 2.76. The van der Waals surface area contributed by atoms with Gasteiger partial charge in [0.05, 0.1) is 5.02 Å². The fourth-order valence-electron chi connectivity index (χ4n) is 1.14. The molecule has 0 radical (unpaired) electrons. The van der Waals surface area contributed by atoms with E-state index in [-0.39, 0.29) is 21.4 Å². The molecule has 0 fully saturated rings. The first kappa shape index (κ1) is 14.5. The maximum absolute atomic E-state index is 12.1. The molecule has 5 heteroatoms. The summed E-state index contributed by atoms with van der Waals surface area (Å²) in [7, 11) is -3.56. The highest BCUT2D eigenvalue weighted by molar-refractivity contribution is 7.89. The largest absolute Gasteiger partial charge is 0.242 e. The monoisotopic (exact) mass is 275 g/mol. The van der Waals surface area contributed by atoms with Crippen LogP contribution in [0, 0.1) is 5.41 Å². The van der Waals surface area contributed by atoms with E-state index in [4.69, 9.17) is 11.6 Å². The van der Waals surface area contributed by atoms with Crippen LogP contribution < -0.4 is 4.72 Å². The Morgan fingerprint density at radius 3 is 2.24 bits per heavy atom. The third kappa shape index (κ3) is 3.69. The lowest BCUT2D eigenvalue weighted by Gasteiger charge is -2.27. The summed E-state index contributed by atoms with van der Waals surface area (Å²) in [6, 6.07) is 6.25. The van der Waals surface area contributed by atoms with Gasteiger partial charge in [-0.3, -0.25) is 0 Å². The summed E-state index contributed by atoms with van der Waals surface area (Å²) in [5.41, 5.74) is -0.145. The van der Waals surface area contributed by atoms with E-state index in [1.165, 1.54) is 6.07 Å². The lowest BCUT2D eigenvalue weighted by atomic mass is 9.89. The predicted octanol–water partition coefficient (Wildman–Crippen LogP) is 3.05. The van der Waals surface area contributed by atoms with Crippen molar-refractivity contribution < 1.29 is 8.42 Å². The second-order valence-corrected chi connectivity index (χ2v) is 7.23. The SMILES string of the molecule is CC(NS(=O)(=O)c1ccccc1Cl)C(C)(C)C. The standard InChI is InChI=1S/C12H18ClNO2S/c1-9(12(2,3)4)14-17(15,16)11-8-6-5-7-10(11)13/h5-9,14H,1-4H3. The van der Waals surface area contributed by atoms with E-state index in [0.29, 0.717) is 0 Å². The average molecular weight is 276 g/mol. The molecular formula is C12H18ClNO2S. The molecule has 0 bridgehead atoms. The van der Waals surface area contributed by atoms with Gasteiger partial charge < -0.3 is 0 Å². The number of sulfonamides is 1. The molecule has 0 aliphatic carbocycles. The van der Waals surface area contributed by atoms with Crippen molar-refractivity contribution in [1.29, 1.82) is 0 Å². The van der Waals surface area contributed by atoms with Crippen LogP contribution in [0.4, 0.5) is 0 Å². The molecule has 0 saturated heterocycles. The summed E-state index contributed by atoms with van der Waals surface area (Å²) < 4.78 is 26.9. The second-order valence-electron chi connectivity index (χ2n) is 5.14. The molecule has 1 rings (SSSR count). The Hall–Kier alpha value is -0.580. The summed E-state index contributed by atoms with van der Waals surface area (Å²) in [4.78, 5) is 0.123. The second kappa shape index (κ2) is 4.96. The van der Waals surface area contributed by atoms with Crippen LogP contribution in [0.25, 0.3) is 0 Å². The van der Waals surface area contributed by atoms with Crippen molar-refractivity contribution in [3.63, 3.8) is 0 Å². The van der Waals surface area contributed by atoms with Gasteiger partial charge in [-0.1, -0.05) is 44.5 Å². The highest BCUT2D eigenvalue weighted by Gasteiger charge is 2.26. The first-order valence-corrected chi connectivity index (χ1v) is 7.27. The Kier molecular flexibility index (Phi) is 4.23. The fraction of sp³-hybridized carbons (Fsp3) is 0.500. The van der Waals surface area contributed by atoms with Crippen LogP contribution in [0.5, 0.6) is 0 Å². The molecule has 0 amide bonds. The molecule has 1 N–H and O–H groups in total. The topological polar surface area (TPSA) is 46.2 Å². The van der Waals surface area contributed by atoms with Crippen molar-refractivity contribution >= 4 is 21.6 Å². The van der Waals surface area contributed by atoms with Gasteiger partial charge in [-0.15, -0.1) is 0 Å². The van der Waals surface area contributed by atoms with E-state index < -0.39 is 10.0 Å². The predicted molar refractivity (Wildman–Crippen MR) is 70.7 cm³/mol. The first-order valence-electron chi connectivity index (χ1n) is 5.41. The van der Waals surface area contributed by atoms with Crippen molar-refractivity contribution in [3.8, 4) is 0 Å². The highest BCUT2D eigenvalue weighted by Crippen LogP contribution is 2.24. The first-order chi connectivity index (χ1) is 7.64. The zero-order valence-corrected chi connectivity index (χ0v) is 12.1. The van der Waals surface area contributed by atoms with E-state index in [0.717, 1.165) is 0 Å². The van der Waals surface area contributed by atoms with Crippen molar-refractivity contribution in [2.24, 2.45) is 5.41 Å². The van der Waals surface area contributed by atoms with E-state index in [1.54, 1.807) is 18.2 Å². The molecular weight excluding hydrogens is 258 g/mol. The Balaban J connectivity index is 3.03. The lowest BCUT2D eigenvalue weighted by Crippen LogP contribution is -2.41. The molecule has 1 unspecified atom stereocenters. The molecule has 17 heavy (non-hydrogen) atoms. The quantitative estimate of drug-likeness (QED) is 0.922. The van der Waals surface area contributed by atoms with Crippen molar-refractivity contribution in [1.82, 2.24) is 4.72 Å². The summed E-state index contributed by atoms with van der Waals surface area (Å²) in [5.74, 6) is 0. The summed E-state index contributed by atoms with van der Waals surface area (Å²) in [6.45, 7) is 7.78. The van der Waals surface area contributed by atoms with Gasteiger partial charge in [0.2, 0.25) is 10.0 Å². The van der Waals surface area contributed by atoms with E-state index in [9.17, 15) is 8.42 Å². The highest BCUT2D eigenvalue weighted by atomic mass is 35.5. The zero-order valence-electron chi connectivity index (χ0n) is 10.5. The molecule has 3 nitrogen and oxygen atoms in total. The maximum Gasteiger partial charge on any atom is 0.242 e. The Morgan fingerprint density at radius 1 is 1.24 bits per heavy atom. The number of nitrogens with one attached hydrogen (secondary N) is 1. The third-order valence-corrected chi connectivity index (χ3v) is 4.80. The molecule has 1 aromatic rings. The lowest BCUT2D eigenvalue weighted by molar-refractivity contribution is 0.317. The molecule has 1 atom stereocenters. The molecule has 0 aliphatic heterocycles. The smallest absolute Gasteiger partial charge is 0.208 e. The summed E-state index contributed by atoms with van der Waals surface area (Å²) >= 11 is 5.89. The zero-order chi connectivity index (χ0) is 13.3. The van der Waals surface area contributed by atoms with E-state index in [1.807, 2.05) is 27.7 Å². The fourth-order valence-corrected chi connectivity index (χ4v) is 3.10. The Bertz CT molecular complexity index is 491. The van der Waals surface area contributed by atoms with Crippen molar-refractivity contribution in [2.45, 2.75) is 38.6 Å². The number of halogens is 1. The molecule has 0 aromatic heterocycles. The number of benzene rings is 1. The average Bonchev–Trinajstić information content (AvgIpc) is 2.15. The van der Waals surface area contributed by atoms with Gasteiger partial charge >= 0.3 is 0 Å². The van der Waals surface area contributed by atoms with Crippen molar-refractivity contribution in [2.75, 3.05) is 0 Å². The van der Waals surface area contributed by atoms with Gasteiger partial charge in [0.25, 0.3) is 0 Å². The van der Waals surface area contributed by atoms with Crippen LogP contribution in [0.3, 0.4) is 0 Å². The molecule has 0 aliphatic rings. The Morgan fingerprint density at radius 2 is 1.76 bits per heavy atom. The van der Waals surface area contributed by atoms with Crippen LogP contribution in [-0.4, -0.2) is 14.5 Å². The summed E-state index contributed by atoms with van der Waals surface area (Å²) in [6.07, 6.45) is 0. The van der Waals surface area contributed by atoms with Gasteiger partial charge in [-0.2, -0.15) is 0 Å². The molecule has 96 valence electrons.